The molecule has 2 aromatic heterocycles. The van der Waals surface area contributed by atoms with Crippen molar-refractivity contribution in [3.63, 3.8) is 0 Å². The molecule has 2 aromatic rings. The SMILES string of the molecule is CCOC(=O)c1cc2c(Br)ccn2c(C(C)=O)c1C. The summed E-state index contributed by atoms with van der Waals surface area (Å²) in [6.07, 6.45) is 1.80. The predicted octanol–water partition coefficient (Wildman–Crippen LogP) is 3.39. The summed E-state index contributed by atoms with van der Waals surface area (Å²) >= 11 is 3.41. The number of ether oxygens (including phenoxy) is 1. The Bertz CT molecular complexity index is 673. The van der Waals surface area contributed by atoms with E-state index < -0.39 is 5.97 Å². The summed E-state index contributed by atoms with van der Waals surface area (Å²) in [5, 5.41) is 0. The zero-order valence-corrected chi connectivity index (χ0v) is 12.6. The number of fused-ring (bicyclic) bond motifs is 1. The van der Waals surface area contributed by atoms with Gasteiger partial charge in [-0.1, -0.05) is 0 Å². The summed E-state index contributed by atoms with van der Waals surface area (Å²) in [5.41, 5.74) is 2.35. The maximum Gasteiger partial charge on any atom is 0.338 e. The molecule has 4 nitrogen and oxygen atoms in total. The molecule has 0 saturated heterocycles. The van der Waals surface area contributed by atoms with Gasteiger partial charge in [0, 0.05) is 17.6 Å². The number of esters is 1. The fourth-order valence-corrected chi connectivity index (χ4v) is 2.59. The topological polar surface area (TPSA) is 47.8 Å². The van der Waals surface area contributed by atoms with E-state index in [0.29, 0.717) is 23.4 Å². The molecule has 0 atom stereocenters. The summed E-state index contributed by atoms with van der Waals surface area (Å²) in [5.74, 6) is -0.491. The Morgan fingerprint density at radius 2 is 2.11 bits per heavy atom. The molecule has 19 heavy (non-hydrogen) atoms. The highest BCUT2D eigenvalue weighted by atomic mass is 79.9. The molecule has 0 aliphatic rings. The van der Waals surface area contributed by atoms with Crippen molar-refractivity contribution in [2.24, 2.45) is 0 Å². The van der Waals surface area contributed by atoms with E-state index in [-0.39, 0.29) is 5.78 Å². The Balaban J connectivity index is 2.79. The zero-order chi connectivity index (χ0) is 14.2. The number of carbonyl (C=O) groups is 2. The number of carbonyl (C=O) groups excluding carboxylic acids is 2. The standard InChI is InChI=1S/C14H14BrNO3/c1-4-19-14(18)10-7-12-11(15)5-6-16(12)13(8(10)2)9(3)17/h5-7H,4H2,1-3H3. The molecule has 0 aliphatic heterocycles. The average Bonchev–Trinajstić information content (AvgIpc) is 2.69. The van der Waals surface area contributed by atoms with Crippen molar-refractivity contribution in [2.75, 3.05) is 6.61 Å². The molecule has 0 fully saturated rings. The van der Waals surface area contributed by atoms with Gasteiger partial charge in [0.2, 0.25) is 0 Å². The molecule has 0 bridgehead atoms. The van der Waals surface area contributed by atoms with E-state index in [4.69, 9.17) is 4.74 Å². The van der Waals surface area contributed by atoms with Gasteiger partial charge in [-0.05, 0) is 47.5 Å². The quantitative estimate of drug-likeness (QED) is 0.642. The number of aromatic nitrogens is 1. The van der Waals surface area contributed by atoms with E-state index in [1.807, 2.05) is 6.07 Å². The molecule has 100 valence electrons. The summed E-state index contributed by atoms with van der Waals surface area (Å²) in [4.78, 5) is 23.8. The van der Waals surface area contributed by atoms with Crippen LogP contribution in [0.5, 0.6) is 0 Å². The minimum atomic E-state index is -0.405. The highest BCUT2D eigenvalue weighted by Gasteiger charge is 2.19. The van der Waals surface area contributed by atoms with Gasteiger partial charge in [-0.15, -0.1) is 0 Å². The average molecular weight is 324 g/mol. The van der Waals surface area contributed by atoms with E-state index in [1.165, 1.54) is 6.92 Å². The third kappa shape index (κ3) is 2.30. The van der Waals surface area contributed by atoms with Crippen LogP contribution < -0.4 is 0 Å². The Hall–Kier alpha value is -1.62. The van der Waals surface area contributed by atoms with Crippen LogP contribution in [0.2, 0.25) is 0 Å². The van der Waals surface area contributed by atoms with Crippen LogP contribution in [0.1, 0.15) is 40.3 Å². The first-order valence-electron chi connectivity index (χ1n) is 5.95. The van der Waals surface area contributed by atoms with Crippen LogP contribution in [0, 0.1) is 6.92 Å². The Kier molecular flexibility index (Phi) is 3.75. The largest absolute Gasteiger partial charge is 0.462 e. The van der Waals surface area contributed by atoms with Gasteiger partial charge in [-0.2, -0.15) is 0 Å². The van der Waals surface area contributed by atoms with Gasteiger partial charge in [0.15, 0.2) is 5.78 Å². The Morgan fingerprint density at radius 1 is 1.42 bits per heavy atom. The van der Waals surface area contributed by atoms with Crippen molar-refractivity contribution >= 4 is 33.2 Å². The van der Waals surface area contributed by atoms with Crippen LogP contribution in [0.25, 0.3) is 5.52 Å². The second-order valence-electron chi connectivity index (χ2n) is 4.23. The molecular formula is C14H14BrNO3. The Morgan fingerprint density at radius 3 is 2.68 bits per heavy atom. The maximum atomic E-state index is 12.0. The molecule has 2 heterocycles. The van der Waals surface area contributed by atoms with Crippen LogP contribution in [0.4, 0.5) is 0 Å². The van der Waals surface area contributed by atoms with Gasteiger partial charge in [-0.25, -0.2) is 4.79 Å². The van der Waals surface area contributed by atoms with Crippen molar-refractivity contribution in [3.05, 3.63) is 39.6 Å². The van der Waals surface area contributed by atoms with Gasteiger partial charge in [0.1, 0.15) is 0 Å². The van der Waals surface area contributed by atoms with E-state index in [9.17, 15) is 9.59 Å². The zero-order valence-electron chi connectivity index (χ0n) is 11.0. The fourth-order valence-electron chi connectivity index (χ4n) is 2.16. The molecule has 0 radical (unpaired) electrons. The second-order valence-corrected chi connectivity index (χ2v) is 5.08. The van der Waals surface area contributed by atoms with E-state index >= 15 is 0 Å². The number of pyridine rings is 1. The minimum Gasteiger partial charge on any atom is -0.462 e. The molecule has 5 heteroatoms. The number of halogens is 1. The highest BCUT2D eigenvalue weighted by molar-refractivity contribution is 9.10. The summed E-state index contributed by atoms with van der Waals surface area (Å²) in [7, 11) is 0. The number of rotatable bonds is 3. The van der Waals surface area contributed by atoms with E-state index in [2.05, 4.69) is 15.9 Å². The first-order chi connectivity index (χ1) is 8.97. The van der Waals surface area contributed by atoms with E-state index in [1.54, 1.807) is 30.5 Å². The first kappa shape index (κ1) is 13.8. The lowest BCUT2D eigenvalue weighted by molar-refractivity contribution is 0.0525. The fraction of sp³-hybridized carbons (Fsp3) is 0.286. The molecule has 0 aromatic carbocycles. The monoisotopic (exact) mass is 323 g/mol. The minimum absolute atomic E-state index is 0.0863. The lowest BCUT2D eigenvalue weighted by Crippen LogP contribution is -2.13. The molecule has 0 N–H and O–H groups in total. The highest BCUT2D eigenvalue weighted by Crippen LogP contribution is 2.26. The molecule has 0 unspecified atom stereocenters. The van der Waals surface area contributed by atoms with Gasteiger partial charge in [-0.3, -0.25) is 4.79 Å². The van der Waals surface area contributed by atoms with Crippen molar-refractivity contribution in [1.29, 1.82) is 0 Å². The summed E-state index contributed by atoms with van der Waals surface area (Å²) in [6, 6.07) is 3.58. The van der Waals surface area contributed by atoms with Crippen molar-refractivity contribution in [1.82, 2.24) is 4.40 Å². The van der Waals surface area contributed by atoms with Crippen LogP contribution in [0.15, 0.2) is 22.8 Å². The predicted molar refractivity (Wildman–Crippen MR) is 75.8 cm³/mol. The number of hydrogen-bond donors (Lipinski definition) is 0. The van der Waals surface area contributed by atoms with Gasteiger partial charge < -0.3 is 9.14 Å². The van der Waals surface area contributed by atoms with Crippen LogP contribution in [-0.4, -0.2) is 22.8 Å². The second kappa shape index (κ2) is 5.17. The maximum absolute atomic E-state index is 12.0. The van der Waals surface area contributed by atoms with Gasteiger partial charge >= 0.3 is 5.97 Å². The lowest BCUT2D eigenvalue weighted by atomic mass is 10.0. The molecule has 0 saturated carbocycles. The molecule has 0 amide bonds. The summed E-state index contributed by atoms with van der Waals surface area (Å²) < 4.78 is 7.65. The molecule has 2 rings (SSSR count). The van der Waals surface area contributed by atoms with E-state index in [0.717, 1.165) is 9.99 Å². The molecular weight excluding hydrogens is 310 g/mol. The number of hydrogen-bond acceptors (Lipinski definition) is 3. The van der Waals surface area contributed by atoms with Crippen molar-refractivity contribution < 1.29 is 14.3 Å². The van der Waals surface area contributed by atoms with Crippen LogP contribution >= 0.6 is 15.9 Å². The van der Waals surface area contributed by atoms with Crippen molar-refractivity contribution in [2.45, 2.75) is 20.8 Å². The normalized spacial score (nSPS) is 10.7. The molecule has 0 spiro atoms. The number of nitrogens with zero attached hydrogens (tertiary/aromatic N) is 1. The third-order valence-electron chi connectivity index (χ3n) is 2.98. The van der Waals surface area contributed by atoms with Gasteiger partial charge in [0.25, 0.3) is 0 Å². The summed E-state index contributed by atoms with van der Waals surface area (Å²) in [6.45, 7) is 5.31. The smallest absolute Gasteiger partial charge is 0.338 e. The lowest BCUT2D eigenvalue weighted by Gasteiger charge is -2.12. The Labute approximate surface area is 119 Å². The third-order valence-corrected chi connectivity index (χ3v) is 3.65. The van der Waals surface area contributed by atoms with Gasteiger partial charge in [0.05, 0.1) is 23.4 Å². The van der Waals surface area contributed by atoms with Crippen molar-refractivity contribution in [3.8, 4) is 0 Å². The first-order valence-corrected chi connectivity index (χ1v) is 6.74. The molecule has 0 aliphatic carbocycles. The number of Topliss-reactive ketones (excluding diaryl/α,β-unsaturated/α-hetero) is 1. The van der Waals surface area contributed by atoms with Crippen LogP contribution in [0.3, 0.4) is 0 Å². The van der Waals surface area contributed by atoms with Crippen LogP contribution in [-0.2, 0) is 4.74 Å². The number of ketones is 1.